The fraction of sp³-hybridized carbons (Fsp3) is 0.450. The normalized spacial score (nSPS) is 13.2. The van der Waals surface area contributed by atoms with Crippen LogP contribution in [0.5, 0.6) is 11.5 Å². The molecule has 0 saturated heterocycles. The molecule has 156 valence electrons. The lowest BCUT2D eigenvalue weighted by atomic mass is 10.1. The van der Waals surface area contributed by atoms with Gasteiger partial charge < -0.3 is 25.8 Å². The van der Waals surface area contributed by atoms with Gasteiger partial charge in [0.25, 0.3) is 0 Å². The van der Waals surface area contributed by atoms with Crippen LogP contribution in [0.25, 0.3) is 0 Å². The molecule has 0 atom stereocenters. The fourth-order valence-electron chi connectivity index (χ4n) is 2.87. The Morgan fingerprint density at radius 3 is 2.76 bits per heavy atom. The first kappa shape index (κ1) is 21.6. The first-order valence-electron chi connectivity index (χ1n) is 9.60. The van der Waals surface area contributed by atoms with Crippen molar-refractivity contribution in [3.8, 4) is 11.5 Å². The van der Waals surface area contributed by atoms with Gasteiger partial charge in [-0.15, -0.1) is 0 Å². The molecule has 0 amide bonds. The Morgan fingerprint density at radius 2 is 2.03 bits per heavy atom. The van der Waals surface area contributed by atoms with Crippen LogP contribution in [0.15, 0.2) is 23.5 Å². The number of halogens is 1. The summed E-state index contributed by atoms with van der Waals surface area (Å²) in [7, 11) is 0. The number of fused-ring (bicyclic) bond motifs is 1. The van der Waals surface area contributed by atoms with Crippen molar-refractivity contribution in [3.05, 3.63) is 33.3 Å². The molecule has 4 N–H and O–H groups in total. The van der Waals surface area contributed by atoms with Gasteiger partial charge in [-0.25, -0.2) is 9.97 Å². The molecule has 1 aromatic heterocycles. The van der Waals surface area contributed by atoms with Gasteiger partial charge in [0.05, 0.1) is 12.2 Å². The van der Waals surface area contributed by atoms with E-state index >= 15 is 0 Å². The van der Waals surface area contributed by atoms with E-state index < -0.39 is 0 Å². The first-order chi connectivity index (χ1) is 13.9. The van der Waals surface area contributed by atoms with E-state index in [1.807, 2.05) is 19.1 Å². The third kappa shape index (κ3) is 5.92. The van der Waals surface area contributed by atoms with Gasteiger partial charge in [-0.05, 0) is 59.7 Å². The first-order valence-corrected chi connectivity index (χ1v) is 10.7. The summed E-state index contributed by atoms with van der Waals surface area (Å²) in [6.07, 6.45) is 2.07. The van der Waals surface area contributed by atoms with Crippen molar-refractivity contribution in [2.24, 2.45) is 10.9 Å². The molecule has 0 bridgehead atoms. The third-order valence-corrected chi connectivity index (χ3v) is 5.38. The van der Waals surface area contributed by atoms with Crippen molar-refractivity contribution in [1.82, 2.24) is 15.3 Å². The van der Waals surface area contributed by atoms with Gasteiger partial charge in [0.15, 0.2) is 17.3 Å². The number of nitrogens with two attached hydrogens (primary N) is 1. The highest BCUT2D eigenvalue weighted by Gasteiger charge is 2.18. The summed E-state index contributed by atoms with van der Waals surface area (Å²) < 4.78 is 12.1. The van der Waals surface area contributed by atoms with Crippen LogP contribution in [0.4, 0.5) is 11.5 Å². The van der Waals surface area contributed by atoms with E-state index in [4.69, 9.17) is 20.2 Å². The molecule has 0 aliphatic carbocycles. The summed E-state index contributed by atoms with van der Waals surface area (Å²) >= 11 is 2.31. The standard InChI is InChI=1S/C20H27IN6O2/c1-12(2)9-23-4-5-24-18(27-19-13(3)25-10-26-20(19)22)7-14-6-16-17(8-15(14)21)29-11-28-16/h6,8,10,12,23H,4-5,7,9,11H2,1-3H3,(H,24,27)(H2,22,25,26). The molecule has 0 saturated carbocycles. The van der Waals surface area contributed by atoms with Crippen LogP contribution in [0.3, 0.4) is 0 Å². The van der Waals surface area contributed by atoms with E-state index in [2.05, 4.69) is 57.0 Å². The molecule has 2 heterocycles. The van der Waals surface area contributed by atoms with Gasteiger partial charge in [-0.3, -0.25) is 4.99 Å². The second-order valence-electron chi connectivity index (χ2n) is 7.24. The van der Waals surface area contributed by atoms with Gasteiger partial charge in [0.2, 0.25) is 6.79 Å². The molecule has 8 nitrogen and oxygen atoms in total. The van der Waals surface area contributed by atoms with Gasteiger partial charge in [0.1, 0.15) is 17.9 Å². The van der Waals surface area contributed by atoms with Crippen molar-refractivity contribution < 1.29 is 9.47 Å². The number of benzene rings is 1. The molecule has 29 heavy (non-hydrogen) atoms. The lowest BCUT2D eigenvalue weighted by Gasteiger charge is -2.15. The quantitative estimate of drug-likeness (QED) is 0.217. The molecule has 2 aromatic rings. The topological polar surface area (TPSA) is 107 Å². The molecular formula is C20H27IN6O2. The van der Waals surface area contributed by atoms with E-state index in [1.165, 1.54) is 6.33 Å². The average Bonchev–Trinajstić information content (AvgIpc) is 3.11. The number of ether oxygens (including phenoxy) is 2. The predicted octanol–water partition coefficient (Wildman–Crippen LogP) is 3.00. The number of aryl methyl sites for hydroxylation is 1. The predicted molar refractivity (Wildman–Crippen MR) is 124 cm³/mol. The number of aliphatic imine (C=N–C) groups is 1. The summed E-state index contributed by atoms with van der Waals surface area (Å²) in [4.78, 5) is 13.1. The van der Waals surface area contributed by atoms with Crippen LogP contribution in [0.2, 0.25) is 0 Å². The Bertz CT molecular complexity index is 867. The highest BCUT2D eigenvalue weighted by Crippen LogP contribution is 2.35. The Hall–Kier alpha value is -2.14. The summed E-state index contributed by atoms with van der Waals surface area (Å²) in [6.45, 7) is 8.96. The average molecular weight is 510 g/mol. The van der Waals surface area contributed by atoms with E-state index in [0.29, 0.717) is 30.4 Å². The number of amidine groups is 1. The number of hydrogen-bond acceptors (Lipinski definition) is 7. The third-order valence-electron chi connectivity index (χ3n) is 4.38. The van der Waals surface area contributed by atoms with E-state index in [-0.39, 0.29) is 6.79 Å². The molecule has 0 unspecified atom stereocenters. The molecule has 0 radical (unpaired) electrons. The van der Waals surface area contributed by atoms with Crippen molar-refractivity contribution in [2.45, 2.75) is 27.2 Å². The summed E-state index contributed by atoms with van der Waals surface area (Å²) in [5.41, 5.74) is 8.63. The van der Waals surface area contributed by atoms with Crippen LogP contribution < -0.4 is 25.8 Å². The summed E-state index contributed by atoms with van der Waals surface area (Å²) in [5, 5.41) is 6.77. The van der Waals surface area contributed by atoms with Gasteiger partial charge in [0, 0.05) is 16.5 Å². The second-order valence-corrected chi connectivity index (χ2v) is 8.41. The molecule has 3 rings (SSSR count). The van der Waals surface area contributed by atoms with Crippen molar-refractivity contribution in [3.63, 3.8) is 0 Å². The Balaban J connectivity index is 1.79. The van der Waals surface area contributed by atoms with Gasteiger partial charge in [-0.1, -0.05) is 13.8 Å². The van der Waals surface area contributed by atoms with Crippen LogP contribution in [0.1, 0.15) is 25.1 Å². The van der Waals surface area contributed by atoms with E-state index in [1.54, 1.807) is 0 Å². The zero-order chi connectivity index (χ0) is 20.8. The number of nitrogens with zero attached hydrogens (tertiary/aromatic N) is 3. The Kier molecular flexibility index (Phi) is 7.48. The SMILES string of the molecule is Cc1ncnc(N)c1NC(Cc1cc2c(cc1I)OCO2)=NCCNCC(C)C. The number of anilines is 2. The Labute approximate surface area is 184 Å². The molecule has 1 aromatic carbocycles. The molecule has 1 aliphatic heterocycles. The zero-order valence-corrected chi connectivity index (χ0v) is 19.1. The molecule has 9 heteroatoms. The minimum absolute atomic E-state index is 0.257. The fourth-order valence-corrected chi connectivity index (χ4v) is 3.50. The molecule has 1 aliphatic rings. The number of hydrogen-bond donors (Lipinski definition) is 3. The lowest BCUT2D eigenvalue weighted by Crippen LogP contribution is -2.24. The number of nitrogen functional groups attached to an aromatic ring is 1. The summed E-state index contributed by atoms with van der Waals surface area (Å²) in [6, 6.07) is 4.00. The highest BCUT2D eigenvalue weighted by atomic mass is 127. The van der Waals surface area contributed by atoms with Crippen LogP contribution in [-0.4, -0.2) is 42.2 Å². The van der Waals surface area contributed by atoms with Crippen LogP contribution >= 0.6 is 22.6 Å². The maximum Gasteiger partial charge on any atom is 0.231 e. The monoisotopic (exact) mass is 510 g/mol. The molecular weight excluding hydrogens is 483 g/mol. The van der Waals surface area contributed by atoms with Gasteiger partial charge >= 0.3 is 0 Å². The minimum atomic E-state index is 0.257. The smallest absolute Gasteiger partial charge is 0.231 e. The summed E-state index contributed by atoms with van der Waals surface area (Å²) in [5.74, 6) is 3.35. The largest absolute Gasteiger partial charge is 0.454 e. The van der Waals surface area contributed by atoms with Crippen LogP contribution in [0, 0.1) is 16.4 Å². The second kappa shape index (κ2) is 10.1. The van der Waals surface area contributed by atoms with Crippen LogP contribution in [-0.2, 0) is 6.42 Å². The maximum absolute atomic E-state index is 6.06. The van der Waals surface area contributed by atoms with Crippen molar-refractivity contribution in [1.29, 1.82) is 0 Å². The number of nitrogens with one attached hydrogen (secondary N) is 2. The minimum Gasteiger partial charge on any atom is -0.454 e. The number of aromatic nitrogens is 2. The van der Waals surface area contributed by atoms with Crippen molar-refractivity contribution >= 4 is 39.9 Å². The Morgan fingerprint density at radius 1 is 1.28 bits per heavy atom. The zero-order valence-electron chi connectivity index (χ0n) is 17.0. The maximum atomic E-state index is 6.06. The lowest BCUT2D eigenvalue weighted by molar-refractivity contribution is 0.174. The highest BCUT2D eigenvalue weighted by molar-refractivity contribution is 14.1. The molecule has 0 fully saturated rings. The van der Waals surface area contributed by atoms with Crippen molar-refractivity contribution in [2.75, 3.05) is 37.5 Å². The molecule has 0 spiro atoms. The van der Waals surface area contributed by atoms with E-state index in [0.717, 1.165) is 45.3 Å². The van der Waals surface area contributed by atoms with E-state index in [9.17, 15) is 0 Å². The number of rotatable bonds is 8. The van der Waals surface area contributed by atoms with Gasteiger partial charge in [-0.2, -0.15) is 0 Å².